The first-order valence-electron chi connectivity index (χ1n) is 6.50. The normalized spacial score (nSPS) is 19.5. The maximum atomic E-state index is 12.2. The molecular weight excluding hydrogens is 264 g/mol. The van der Waals surface area contributed by atoms with Crippen LogP contribution in [0.5, 0.6) is 0 Å². The van der Waals surface area contributed by atoms with Gasteiger partial charge in [0.2, 0.25) is 11.8 Å². The molecule has 1 saturated heterocycles. The molecule has 1 aliphatic heterocycles. The largest absolute Gasteiger partial charge is 0.339 e. The zero-order chi connectivity index (χ0) is 14.4. The van der Waals surface area contributed by atoms with Crippen molar-refractivity contribution in [3.63, 3.8) is 0 Å². The quantitative estimate of drug-likeness (QED) is 0.703. The summed E-state index contributed by atoms with van der Waals surface area (Å²) in [5.74, 6) is 0.374. The second kappa shape index (κ2) is 7.43. The highest BCUT2D eigenvalue weighted by Gasteiger charge is 2.28. The summed E-state index contributed by atoms with van der Waals surface area (Å²) in [5.41, 5.74) is 0. The predicted octanol–water partition coefficient (Wildman–Crippen LogP) is 0.390. The molecule has 2 unspecified atom stereocenters. The topological polar surface area (TPSA) is 57.7 Å². The Balaban J connectivity index is 2.50. The van der Waals surface area contributed by atoms with Crippen molar-refractivity contribution in [2.45, 2.75) is 26.0 Å². The number of carbonyl (C=O) groups excluding carboxylic acids is 2. The molecule has 0 aromatic carbocycles. The Morgan fingerprint density at radius 2 is 1.74 bits per heavy atom. The van der Waals surface area contributed by atoms with Crippen molar-refractivity contribution in [3.8, 4) is 0 Å². The van der Waals surface area contributed by atoms with Crippen LogP contribution in [0.15, 0.2) is 12.2 Å². The summed E-state index contributed by atoms with van der Waals surface area (Å²) in [7, 11) is -1.17. The van der Waals surface area contributed by atoms with Gasteiger partial charge in [0.1, 0.15) is 5.25 Å². The van der Waals surface area contributed by atoms with E-state index >= 15 is 0 Å². The van der Waals surface area contributed by atoms with Gasteiger partial charge >= 0.3 is 0 Å². The first-order chi connectivity index (χ1) is 8.97. The second-order valence-electron chi connectivity index (χ2n) is 4.59. The van der Waals surface area contributed by atoms with Crippen molar-refractivity contribution in [1.82, 2.24) is 9.80 Å². The molecule has 0 aliphatic carbocycles. The standard InChI is InChI=1S/C13H22N2O3S/c1-4-5-10-19(18)11(2)13(17)15-8-6-14(7-9-15)12(3)16/h4-5,11H,6-10H2,1-3H3/b5-4+. The number of allylic oxidation sites excluding steroid dienone is 1. The van der Waals surface area contributed by atoms with Gasteiger partial charge in [-0.3, -0.25) is 13.8 Å². The number of carbonyl (C=O) groups is 2. The van der Waals surface area contributed by atoms with Crippen LogP contribution < -0.4 is 0 Å². The molecule has 1 heterocycles. The van der Waals surface area contributed by atoms with Gasteiger partial charge in [0.05, 0.1) is 0 Å². The maximum Gasteiger partial charge on any atom is 0.238 e. The van der Waals surface area contributed by atoms with E-state index in [1.54, 1.807) is 16.7 Å². The zero-order valence-corrected chi connectivity index (χ0v) is 12.6. The minimum absolute atomic E-state index is 0.0387. The molecule has 108 valence electrons. The Labute approximate surface area is 117 Å². The lowest BCUT2D eigenvalue weighted by Gasteiger charge is -2.35. The van der Waals surface area contributed by atoms with Crippen molar-refractivity contribution < 1.29 is 13.8 Å². The predicted molar refractivity (Wildman–Crippen MR) is 76.1 cm³/mol. The van der Waals surface area contributed by atoms with Crippen LogP contribution in [0.2, 0.25) is 0 Å². The first kappa shape index (κ1) is 15.9. The van der Waals surface area contributed by atoms with E-state index in [-0.39, 0.29) is 11.8 Å². The Morgan fingerprint density at radius 3 is 2.21 bits per heavy atom. The van der Waals surface area contributed by atoms with Crippen molar-refractivity contribution in [2.24, 2.45) is 0 Å². The van der Waals surface area contributed by atoms with E-state index in [2.05, 4.69) is 0 Å². The Morgan fingerprint density at radius 1 is 1.21 bits per heavy atom. The fraction of sp³-hybridized carbons (Fsp3) is 0.692. The van der Waals surface area contributed by atoms with Crippen molar-refractivity contribution in [3.05, 3.63) is 12.2 Å². The molecule has 0 spiro atoms. The van der Waals surface area contributed by atoms with Gasteiger partial charge in [0.15, 0.2) is 0 Å². The Bertz CT molecular complexity index is 387. The molecule has 5 nitrogen and oxygen atoms in total. The molecule has 19 heavy (non-hydrogen) atoms. The Kier molecular flexibility index (Phi) is 6.21. The third-order valence-electron chi connectivity index (χ3n) is 3.27. The number of hydrogen-bond acceptors (Lipinski definition) is 3. The maximum absolute atomic E-state index is 12.2. The fourth-order valence-corrected chi connectivity index (χ4v) is 2.99. The first-order valence-corrected chi connectivity index (χ1v) is 7.88. The molecule has 2 amide bonds. The minimum Gasteiger partial charge on any atom is -0.339 e. The van der Waals surface area contributed by atoms with Crippen LogP contribution in [0.3, 0.4) is 0 Å². The third kappa shape index (κ3) is 4.45. The van der Waals surface area contributed by atoms with Crippen LogP contribution in [0.1, 0.15) is 20.8 Å². The van der Waals surface area contributed by atoms with Gasteiger partial charge in [-0.1, -0.05) is 12.2 Å². The van der Waals surface area contributed by atoms with Crippen LogP contribution >= 0.6 is 0 Å². The lowest BCUT2D eigenvalue weighted by atomic mass is 10.3. The van der Waals surface area contributed by atoms with Gasteiger partial charge in [-0.25, -0.2) is 0 Å². The van der Waals surface area contributed by atoms with E-state index in [1.807, 2.05) is 19.1 Å². The monoisotopic (exact) mass is 286 g/mol. The minimum atomic E-state index is -1.17. The summed E-state index contributed by atoms with van der Waals surface area (Å²) in [6.45, 7) is 7.30. The van der Waals surface area contributed by atoms with Crippen LogP contribution in [-0.2, 0) is 20.4 Å². The summed E-state index contributed by atoms with van der Waals surface area (Å²) in [6, 6.07) is 0. The van der Waals surface area contributed by atoms with Crippen LogP contribution in [0.25, 0.3) is 0 Å². The van der Waals surface area contributed by atoms with E-state index in [0.29, 0.717) is 31.9 Å². The lowest BCUT2D eigenvalue weighted by Crippen LogP contribution is -2.52. The van der Waals surface area contributed by atoms with Gasteiger partial charge < -0.3 is 9.80 Å². The fourth-order valence-electron chi connectivity index (χ4n) is 1.95. The van der Waals surface area contributed by atoms with Crippen molar-refractivity contribution in [1.29, 1.82) is 0 Å². The average Bonchev–Trinajstić information content (AvgIpc) is 2.43. The molecule has 0 saturated carbocycles. The molecule has 0 N–H and O–H groups in total. The number of nitrogens with zero attached hydrogens (tertiary/aromatic N) is 2. The highest BCUT2D eigenvalue weighted by Crippen LogP contribution is 2.08. The summed E-state index contributed by atoms with van der Waals surface area (Å²) < 4.78 is 11.9. The van der Waals surface area contributed by atoms with Gasteiger partial charge in [0.25, 0.3) is 0 Å². The smallest absolute Gasteiger partial charge is 0.238 e. The summed E-state index contributed by atoms with van der Waals surface area (Å²) in [6.07, 6.45) is 3.65. The van der Waals surface area contributed by atoms with E-state index in [0.717, 1.165) is 0 Å². The second-order valence-corrected chi connectivity index (χ2v) is 6.39. The number of amides is 2. The molecule has 1 fully saturated rings. The summed E-state index contributed by atoms with van der Waals surface area (Å²) in [4.78, 5) is 26.8. The number of rotatable bonds is 4. The SMILES string of the molecule is C/C=C/CS(=O)C(C)C(=O)N1CCN(C(C)=O)CC1. The summed E-state index contributed by atoms with van der Waals surface area (Å²) >= 11 is 0. The van der Waals surface area contributed by atoms with Gasteiger partial charge in [-0.05, 0) is 13.8 Å². The van der Waals surface area contributed by atoms with Gasteiger partial charge in [0, 0.05) is 49.7 Å². The third-order valence-corrected chi connectivity index (χ3v) is 4.79. The molecule has 0 aromatic heterocycles. The van der Waals surface area contributed by atoms with E-state index in [1.165, 1.54) is 6.92 Å². The number of piperazine rings is 1. The number of hydrogen-bond donors (Lipinski definition) is 0. The molecule has 2 atom stereocenters. The molecule has 1 aliphatic rings. The highest BCUT2D eigenvalue weighted by molar-refractivity contribution is 7.86. The molecule has 6 heteroatoms. The van der Waals surface area contributed by atoms with Crippen molar-refractivity contribution in [2.75, 3.05) is 31.9 Å². The van der Waals surface area contributed by atoms with Crippen molar-refractivity contribution >= 4 is 22.6 Å². The molecule has 0 radical (unpaired) electrons. The lowest BCUT2D eigenvalue weighted by molar-refractivity contribution is -0.137. The van der Waals surface area contributed by atoms with Crippen LogP contribution in [0, 0.1) is 0 Å². The zero-order valence-electron chi connectivity index (χ0n) is 11.8. The van der Waals surface area contributed by atoms with E-state index in [9.17, 15) is 13.8 Å². The van der Waals surface area contributed by atoms with Gasteiger partial charge in [-0.15, -0.1) is 0 Å². The van der Waals surface area contributed by atoms with Gasteiger partial charge in [-0.2, -0.15) is 0 Å². The summed E-state index contributed by atoms with van der Waals surface area (Å²) in [5, 5.41) is -0.486. The molecule has 0 aromatic rings. The van der Waals surface area contributed by atoms with Crippen LogP contribution in [0.4, 0.5) is 0 Å². The van der Waals surface area contributed by atoms with E-state index in [4.69, 9.17) is 0 Å². The molecule has 0 bridgehead atoms. The molecular formula is C13H22N2O3S. The highest BCUT2D eigenvalue weighted by atomic mass is 32.2. The average molecular weight is 286 g/mol. The van der Waals surface area contributed by atoms with E-state index < -0.39 is 16.0 Å². The Hall–Kier alpha value is -1.17. The van der Waals surface area contributed by atoms with Crippen LogP contribution in [-0.4, -0.2) is 63.0 Å². The molecule has 1 rings (SSSR count).